The van der Waals surface area contributed by atoms with Crippen LogP contribution in [0.25, 0.3) is 10.9 Å². The van der Waals surface area contributed by atoms with Gasteiger partial charge in [-0.25, -0.2) is 9.37 Å². The number of anilines is 3. The number of fused-ring (bicyclic) bond motifs is 1. The van der Waals surface area contributed by atoms with Gasteiger partial charge < -0.3 is 16.4 Å². The second kappa shape index (κ2) is 6.49. The van der Waals surface area contributed by atoms with Crippen molar-refractivity contribution in [1.82, 2.24) is 9.97 Å². The molecule has 1 aromatic carbocycles. The van der Waals surface area contributed by atoms with Gasteiger partial charge in [0.25, 0.3) is 5.91 Å². The predicted molar refractivity (Wildman–Crippen MR) is 91.9 cm³/mol. The van der Waals surface area contributed by atoms with Crippen LogP contribution in [-0.4, -0.2) is 22.4 Å². The average Bonchev–Trinajstić information content (AvgIpc) is 2.57. The van der Waals surface area contributed by atoms with Gasteiger partial charge in [0.1, 0.15) is 5.82 Å². The van der Waals surface area contributed by atoms with Gasteiger partial charge in [0.05, 0.1) is 23.0 Å². The molecule has 0 saturated carbocycles. The molecule has 7 heteroatoms. The summed E-state index contributed by atoms with van der Waals surface area (Å²) < 4.78 is 14.0. The minimum Gasteiger partial charge on any atom is -0.368 e. The molecule has 2 heterocycles. The van der Waals surface area contributed by atoms with Crippen LogP contribution in [0.2, 0.25) is 0 Å². The Morgan fingerprint density at radius 3 is 2.79 bits per heavy atom. The highest BCUT2D eigenvalue weighted by atomic mass is 19.1. The van der Waals surface area contributed by atoms with E-state index in [0.29, 0.717) is 12.2 Å². The highest BCUT2D eigenvalue weighted by Crippen LogP contribution is 2.25. The van der Waals surface area contributed by atoms with Gasteiger partial charge in [-0.2, -0.15) is 0 Å². The Balaban J connectivity index is 2.02. The molecule has 122 valence electrons. The standard InChI is InChI=1S/C17H16FN5O/c1-2-20-17-13(18)8-12(15(19)24)16(23-17)22-11-7-10-5-3-4-6-14(10)21-9-11/h3-9H,2H2,1H3,(H2,19,24)(H2,20,22,23). The highest BCUT2D eigenvalue weighted by Gasteiger charge is 2.16. The Morgan fingerprint density at radius 1 is 1.25 bits per heavy atom. The molecule has 0 aliphatic heterocycles. The first-order valence-electron chi connectivity index (χ1n) is 7.44. The van der Waals surface area contributed by atoms with Crippen molar-refractivity contribution in [1.29, 1.82) is 0 Å². The van der Waals surface area contributed by atoms with E-state index in [9.17, 15) is 9.18 Å². The smallest absolute Gasteiger partial charge is 0.252 e. The van der Waals surface area contributed by atoms with Crippen LogP contribution in [-0.2, 0) is 0 Å². The van der Waals surface area contributed by atoms with Gasteiger partial charge in [-0.15, -0.1) is 0 Å². The van der Waals surface area contributed by atoms with Crippen LogP contribution in [0.5, 0.6) is 0 Å². The molecule has 0 aliphatic carbocycles. The zero-order valence-corrected chi connectivity index (χ0v) is 13.0. The largest absolute Gasteiger partial charge is 0.368 e. The fraction of sp³-hybridized carbons (Fsp3) is 0.118. The van der Waals surface area contributed by atoms with Gasteiger partial charge in [-0.3, -0.25) is 9.78 Å². The second-order valence-electron chi connectivity index (χ2n) is 5.15. The topological polar surface area (TPSA) is 92.9 Å². The Hall–Kier alpha value is -3.22. The van der Waals surface area contributed by atoms with Gasteiger partial charge >= 0.3 is 0 Å². The highest BCUT2D eigenvalue weighted by molar-refractivity contribution is 5.98. The van der Waals surface area contributed by atoms with E-state index in [-0.39, 0.29) is 17.2 Å². The minimum absolute atomic E-state index is 0.0256. The number of carbonyl (C=O) groups is 1. The Labute approximate surface area is 137 Å². The lowest BCUT2D eigenvalue weighted by molar-refractivity contribution is 0.100. The van der Waals surface area contributed by atoms with E-state index in [4.69, 9.17) is 5.73 Å². The Morgan fingerprint density at radius 2 is 2.04 bits per heavy atom. The number of amides is 1. The third-order valence-corrected chi connectivity index (χ3v) is 3.44. The summed E-state index contributed by atoms with van der Waals surface area (Å²) in [7, 11) is 0. The molecular formula is C17H16FN5O. The van der Waals surface area contributed by atoms with E-state index in [1.807, 2.05) is 37.3 Å². The SMILES string of the molecule is CCNc1nc(Nc2cnc3ccccc3c2)c(C(N)=O)cc1F. The second-order valence-corrected chi connectivity index (χ2v) is 5.15. The lowest BCUT2D eigenvalue weighted by atomic mass is 10.2. The maximum atomic E-state index is 14.0. The van der Waals surface area contributed by atoms with Crippen molar-refractivity contribution in [2.24, 2.45) is 5.73 Å². The normalized spacial score (nSPS) is 10.6. The molecule has 2 aromatic heterocycles. The first-order chi connectivity index (χ1) is 11.6. The van der Waals surface area contributed by atoms with Gasteiger partial charge in [-0.1, -0.05) is 18.2 Å². The molecule has 0 unspecified atom stereocenters. The van der Waals surface area contributed by atoms with Gasteiger partial charge in [0.15, 0.2) is 11.6 Å². The molecule has 3 rings (SSSR count). The number of halogens is 1. The Kier molecular flexibility index (Phi) is 4.24. The van der Waals surface area contributed by atoms with Crippen LogP contribution in [0.1, 0.15) is 17.3 Å². The van der Waals surface area contributed by atoms with Gasteiger partial charge in [-0.05, 0) is 25.1 Å². The van der Waals surface area contributed by atoms with Gasteiger partial charge in [0.2, 0.25) is 0 Å². The zero-order valence-electron chi connectivity index (χ0n) is 13.0. The third-order valence-electron chi connectivity index (χ3n) is 3.44. The molecule has 0 bridgehead atoms. The van der Waals surface area contributed by atoms with Crippen molar-refractivity contribution in [3.8, 4) is 0 Å². The lowest BCUT2D eigenvalue weighted by Gasteiger charge is -2.13. The maximum Gasteiger partial charge on any atom is 0.252 e. The van der Waals surface area contributed by atoms with E-state index in [1.165, 1.54) is 0 Å². The van der Waals surface area contributed by atoms with Crippen molar-refractivity contribution in [3.63, 3.8) is 0 Å². The fourth-order valence-corrected chi connectivity index (χ4v) is 2.34. The predicted octanol–water partition coefficient (Wildman–Crippen LogP) is 3.04. The maximum absolute atomic E-state index is 14.0. The van der Waals surface area contributed by atoms with Crippen molar-refractivity contribution in [2.75, 3.05) is 17.2 Å². The number of nitrogens with two attached hydrogens (primary N) is 1. The molecule has 0 atom stereocenters. The van der Waals surface area contributed by atoms with E-state index >= 15 is 0 Å². The molecule has 4 N–H and O–H groups in total. The summed E-state index contributed by atoms with van der Waals surface area (Å²) in [6.45, 7) is 2.32. The van der Waals surface area contributed by atoms with Crippen molar-refractivity contribution in [2.45, 2.75) is 6.92 Å². The number of rotatable bonds is 5. The van der Waals surface area contributed by atoms with E-state index < -0.39 is 11.7 Å². The number of aromatic nitrogens is 2. The summed E-state index contributed by atoms with van der Waals surface area (Å²) in [5.74, 6) is -1.16. The number of pyridine rings is 2. The van der Waals surface area contributed by atoms with Crippen molar-refractivity contribution >= 4 is 34.1 Å². The molecule has 24 heavy (non-hydrogen) atoms. The zero-order chi connectivity index (χ0) is 17.1. The molecule has 0 spiro atoms. The number of primary amides is 1. The van der Waals surface area contributed by atoms with Gasteiger partial charge in [0, 0.05) is 11.9 Å². The number of hydrogen-bond acceptors (Lipinski definition) is 5. The number of nitrogens with one attached hydrogen (secondary N) is 2. The molecule has 0 saturated heterocycles. The number of para-hydroxylation sites is 1. The lowest BCUT2D eigenvalue weighted by Crippen LogP contribution is -2.16. The third kappa shape index (κ3) is 3.10. The number of carbonyl (C=O) groups excluding carboxylic acids is 1. The molecule has 0 radical (unpaired) electrons. The summed E-state index contributed by atoms with van der Waals surface area (Å²) in [5.41, 5.74) is 6.77. The van der Waals surface area contributed by atoms with Crippen LogP contribution in [0.3, 0.4) is 0 Å². The summed E-state index contributed by atoms with van der Waals surface area (Å²) >= 11 is 0. The Bertz CT molecular complexity index is 913. The molecule has 3 aromatic rings. The first kappa shape index (κ1) is 15.7. The average molecular weight is 325 g/mol. The summed E-state index contributed by atoms with van der Waals surface area (Å²) in [6.07, 6.45) is 1.62. The van der Waals surface area contributed by atoms with Crippen LogP contribution in [0.15, 0.2) is 42.6 Å². The van der Waals surface area contributed by atoms with Crippen LogP contribution in [0.4, 0.5) is 21.7 Å². The first-order valence-corrected chi connectivity index (χ1v) is 7.44. The van der Waals surface area contributed by atoms with E-state index in [0.717, 1.165) is 17.0 Å². The van der Waals surface area contributed by atoms with Crippen molar-refractivity contribution < 1.29 is 9.18 Å². The summed E-state index contributed by atoms with van der Waals surface area (Å²) in [4.78, 5) is 20.1. The quantitative estimate of drug-likeness (QED) is 0.670. The number of hydrogen-bond donors (Lipinski definition) is 3. The monoisotopic (exact) mass is 325 g/mol. The molecular weight excluding hydrogens is 309 g/mol. The molecule has 1 amide bonds. The van der Waals surface area contributed by atoms with Crippen molar-refractivity contribution in [3.05, 3.63) is 54.0 Å². The van der Waals surface area contributed by atoms with Crippen LogP contribution >= 0.6 is 0 Å². The molecule has 0 aliphatic rings. The number of benzene rings is 1. The molecule has 6 nitrogen and oxygen atoms in total. The summed E-state index contributed by atoms with van der Waals surface area (Å²) in [6, 6.07) is 10.6. The van der Waals surface area contributed by atoms with E-state index in [2.05, 4.69) is 20.6 Å². The number of nitrogens with zero attached hydrogens (tertiary/aromatic N) is 2. The van der Waals surface area contributed by atoms with Crippen LogP contribution in [0, 0.1) is 5.82 Å². The molecule has 0 fully saturated rings. The minimum atomic E-state index is -0.763. The fourth-order valence-electron chi connectivity index (χ4n) is 2.34. The van der Waals surface area contributed by atoms with E-state index in [1.54, 1.807) is 6.20 Å². The van der Waals surface area contributed by atoms with Crippen LogP contribution < -0.4 is 16.4 Å². The summed E-state index contributed by atoms with van der Waals surface area (Å²) in [5, 5.41) is 6.72.